The molecule has 96 valence electrons. The van der Waals surface area contributed by atoms with Gasteiger partial charge in [-0.05, 0) is 44.0 Å². The minimum Gasteiger partial charge on any atom is -0.312 e. The Balaban J connectivity index is 2.79. The molecule has 3 heteroatoms. The average Bonchev–Trinajstić information content (AvgIpc) is 2.30. The van der Waals surface area contributed by atoms with E-state index in [2.05, 4.69) is 44.3 Å². The molecular weight excluding hydrogens is 230 g/mol. The quantitative estimate of drug-likeness (QED) is 0.844. The Hall–Kier alpha value is -0.670. The summed E-state index contributed by atoms with van der Waals surface area (Å²) >= 11 is 0. The first-order valence-electron chi connectivity index (χ1n) is 6.17. The van der Waals surface area contributed by atoms with Gasteiger partial charge in [-0.3, -0.25) is 4.21 Å². The van der Waals surface area contributed by atoms with Crippen molar-refractivity contribution in [3.63, 3.8) is 0 Å². The van der Waals surface area contributed by atoms with Crippen molar-refractivity contribution in [2.75, 3.05) is 18.6 Å². The van der Waals surface area contributed by atoms with Crippen LogP contribution in [0.15, 0.2) is 18.2 Å². The number of aryl methyl sites for hydroxylation is 2. The second kappa shape index (κ2) is 6.92. The van der Waals surface area contributed by atoms with Crippen molar-refractivity contribution in [3.05, 3.63) is 34.9 Å². The van der Waals surface area contributed by atoms with Crippen molar-refractivity contribution in [2.24, 2.45) is 0 Å². The maximum Gasteiger partial charge on any atom is 0.0434 e. The second-order valence-corrected chi connectivity index (χ2v) is 6.12. The van der Waals surface area contributed by atoms with Gasteiger partial charge >= 0.3 is 0 Å². The maximum absolute atomic E-state index is 11.8. The normalized spacial score (nSPS) is 14.6. The number of hydrogen-bond donors (Lipinski definition) is 1. The molecule has 2 unspecified atom stereocenters. The van der Waals surface area contributed by atoms with Crippen molar-refractivity contribution in [1.82, 2.24) is 5.32 Å². The summed E-state index contributed by atoms with van der Waals surface area (Å²) in [6.45, 7) is 6.31. The van der Waals surface area contributed by atoms with Crippen molar-refractivity contribution in [1.29, 1.82) is 0 Å². The molecule has 0 bridgehead atoms. The van der Waals surface area contributed by atoms with Crippen LogP contribution in [0.3, 0.4) is 0 Å². The monoisotopic (exact) mass is 253 g/mol. The van der Waals surface area contributed by atoms with Gasteiger partial charge in [0, 0.05) is 28.3 Å². The zero-order valence-electron chi connectivity index (χ0n) is 11.2. The molecule has 0 amide bonds. The van der Waals surface area contributed by atoms with E-state index in [-0.39, 0.29) is 6.04 Å². The lowest BCUT2D eigenvalue weighted by Gasteiger charge is -2.17. The first kappa shape index (κ1) is 14.4. The van der Waals surface area contributed by atoms with Gasteiger partial charge in [-0.15, -0.1) is 0 Å². The molecule has 2 atom stereocenters. The van der Waals surface area contributed by atoms with Crippen LogP contribution in [0.4, 0.5) is 0 Å². The van der Waals surface area contributed by atoms with Gasteiger partial charge < -0.3 is 5.32 Å². The molecule has 1 rings (SSSR count). The van der Waals surface area contributed by atoms with Gasteiger partial charge in [0.25, 0.3) is 0 Å². The predicted molar refractivity (Wildman–Crippen MR) is 75.9 cm³/mol. The molecule has 1 aromatic carbocycles. The number of hydrogen-bond acceptors (Lipinski definition) is 2. The van der Waals surface area contributed by atoms with Gasteiger partial charge in [-0.1, -0.05) is 25.1 Å². The Morgan fingerprint density at radius 2 is 2.00 bits per heavy atom. The Bertz CT molecular complexity index is 390. The molecule has 0 heterocycles. The third-order valence-corrected chi connectivity index (χ3v) is 4.63. The average molecular weight is 253 g/mol. The minimum absolute atomic E-state index is 0.196. The van der Waals surface area contributed by atoms with Gasteiger partial charge in [-0.25, -0.2) is 0 Å². The fraction of sp³-hybridized carbons (Fsp3) is 0.571. The van der Waals surface area contributed by atoms with Crippen LogP contribution < -0.4 is 5.32 Å². The highest BCUT2D eigenvalue weighted by Gasteiger charge is 2.13. The zero-order chi connectivity index (χ0) is 12.8. The lowest BCUT2D eigenvalue weighted by molar-refractivity contribution is 0.634. The SMILES string of the molecule is CCCS(=O)CC(NC)c1ccc(C)c(C)c1. The molecule has 1 aromatic rings. The first-order valence-corrected chi connectivity index (χ1v) is 7.66. The van der Waals surface area contributed by atoms with Crippen LogP contribution in [0.2, 0.25) is 0 Å². The van der Waals surface area contributed by atoms with E-state index in [1.165, 1.54) is 16.7 Å². The Kier molecular flexibility index (Phi) is 5.86. The van der Waals surface area contributed by atoms with Gasteiger partial charge in [-0.2, -0.15) is 0 Å². The predicted octanol–water partition coefficient (Wildman–Crippen LogP) is 2.72. The van der Waals surface area contributed by atoms with E-state index in [1.807, 2.05) is 7.05 Å². The summed E-state index contributed by atoms with van der Waals surface area (Å²) in [5.74, 6) is 1.50. The van der Waals surface area contributed by atoms with E-state index in [1.54, 1.807) is 0 Å². The van der Waals surface area contributed by atoms with E-state index < -0.39 is 10.8 Å². The molecule has 0 radical (unpaired) electrons. The van der Waals surface area contributed by atoms with E-state index >= 15 is 0 Å². The van der Waals surface area contributed by atoms with Crippen LogP contribution in [-0.2, 0) is 10.8 Å². The minimum atomic E-state index is -0.725. The van der Waals surface area contributed by atoms with E-state index in [9.17, 15) is 4.21 Å². The topological polar surface area (TPSA) is 29.1 Å². The van der Waals surface area contributed by atoms with E-state index in [4.69, 9.17) is 0 Å². The van der Waals surface area contributed by atoms with E-state index in [0.717, 1.165) is 12.2 Å². The summed E-state index contributed by atoms with van der Waals surface area (Å²) in [6, 6.07) is 6.66. The molecule has 1 N–H and O–H groups in total. The summed E-state index contributed by atoms with van der Waals surface area (Å²) in [4.78, 5) is 0. The molecule has 2 nitrogen and oxygen atoms in total. The fourth-order valence-electron chi connectivity index (χ4n) is 1.82. The second-order valence-electron chi connectivity index (χ2n) is 4.50. The molecule has 17 heavy (non-hydrogen) atoms. The number of benzene rings is 1. The summed E-state index contributed by atoms with van der Waals surface area (Å²) in [7, 11) is 1.21. The van der Waals surface area contributed by atoms with Crippen LogP contribution in [0.5, 0.6) is 0 Å². The summed E-state index contributed by atoms with van der Waals surface area (Å²) in [6.07, 6.45) is 0.982. The van der Waals surface area contributed by atoms with Gasteiger partial charge in [0.2, 0.25) is 0 Å². The van der Waals surface area contributed by atoms with Gasteiger partial charge in [0.05, 0.1) is 0 Å². The largest absolute Gasteiger partial charge is 0.312 e. The van der Waals surface area contributed by atoms with Crippen molar-refractivity contribution in [3.8, 4) is 0 Å². The van der Waals surface area contributed by atoms with Crippen molar-refractivity contribution in [2.45, 2.75) is 33.2 Å². The highest BCUT2D eigenvalue weighted by atomic mass is 32.2. The zero-order valence-corrected chi connectivity index (χ0v) is 12.1. The first-order chi connectivity index (χ1) is 8.08. The van der Waals surface area contributed by atoms with Crippen LogP contribution in [-0.4, -0.2) is 22.8 Å². The highest BCUT2D eigenvalue weighted by Crippen LogP contribution is 2.18. The van der Waals surface area contributed by atoms with Crippen molar-refractivity contribution >= 4 is 10.8 Å². The highest BCUT2D eigenvalue weighted by molar-refractivity contribution is 7.85. The smallest absolute Gasteiger partial charge is 0.0434 e. The van der Waals surface area contributed by atoms with Gasteiger partial charge in [0.1, 0.15) is 0 Å². The maximum atomic E-state index is 11.8. The molecule has 0 saturated carbocycles. The molecule has 0 fully saturated rings. The van der Waals surface area contributed by atoms with Crippen molar-refractivity contribution < 1.29 is 4.21 Å². The molecule has 0 aliphatic heterocycles. The Morgan fingerprint density at radius 3 is 2.53 bits per heavy atom. The fourth-order valence-corrected chi connectivity index (χ4v) is 3.18. The third-order valence-electron chi connectivity index (χ3n) is 3.07. The van der Waals surface area contributed by atoms with E-state index in [0.29, 0.717) is 5.75 Å². The number of rotatable bonds is 6. The van der Waals surface area contributed by atoms with Crippen LogP contribution in [0.25, 0.3) is 0 Å². The Morgan fingerprint density at radius 1 is 1.29 bits per heavy atom. The van der Waals surface area contributed by atoms with Crippen LogP contribution in [0, 0.1) is 13.8 Å². The van der Waals surface area contributed by atoms with Crippen LogP contribution >= 0.6 is 0 Å². The van der Waals surface area contributed by atoms with Gasteiger partial charge in [0.15, 0.2) is 0 Å². The molecule has 0 aromatic heterocycles. The molecule has 0 aliphatic rings. The third kappa shape index (κ3) is 4.25. The lowest BCUT2D eigenvalue weighted by atomic mass is 10.0. The molecule has 0 spiro atoms. The summed E-state index contributed by atoms with van der Waals surface area (Å²) < 4.78 is 11.8. The molecule has 0 aliphatic carbocycles. The molecule has 0 saturated heterocycles. The summed E-state index contributed by atoms with van der Waals surface area (Å²) in [5.41, 5.74) is 3.84. The molecular formula is C14H23NOS. The standard InChI is InChI=1S/C14H23NOS/c1-5-8-17(16)10-14(15-4)13-7-6-11(2)12(3)9-13/h6-7,9,14-15H,5,8,10H2,1-4H3. The Labute approximate surface area is 107 Å². The number of nitrogens with one attached hydrogen (secondary N) is 1. The summed E-state index contributed by atoms with van der Waals surface area (Å²) in [5, 5.41) is 3.26. The lowest BCUT2D eigenvalue weighted by Crippen LogP contribution is -2.23. The van der Waals surface area contributed by atoms with Crippen LogP contribution in [0.1, 0.15) is 36.1 Å².